The van der Waals surface area contributed by atoms with E-state index >= 15 is 0 Å². The molecule has 9 rings (SSSR count). The van der Waals surface area contributed by atoms with Crippen molar-refractivity contribution in [1.82, 2.24) is 0 Å². The van der Waals surface area contributed by atoms with Gasteiger partial charge in [0.1, 0.15) is 11.2 Å². The van der Waals surface area contributed by atoms with Crippen LogP contribution in [-0.4, -0.2) is 0 Å². The molecule has 210 valence electrons. The highest BCUT2D eigenvalue weighted by Gasteiger charge is 2.19. The van der Waals surface area contributed by atoms with Gasteiger partial charge in [-0.1, -0.05) is 152 Å². The number of hydrogen-bond acceptors (Lipinski definition) is 1. The van der Waals surface area contributed by atoms with Crippen LogP contribution in [0.25, 0.3) is 88.0 Å². The van der Waals surface area contributed by atoms with Gasteiger partial charge in [0.2, 0.25) is 0 Å². The Morgan fingerprint density at radius 2 is 0.778 bits per heavy atom. The Labute approximate surface area is 261 Å². The molecule has 0 aliphatic heterocycles. The Hall–Kier alpha value is -5.92. The summed E-state index contributed by atoms with van der Waals surface area (Å²) in [5, 5.41) is 7.28. The molecule has 9 aromatic rings. The van der Waals surface area contributed by atoms with Gasteiger partial charge in [-0.05, 0) is 84.3 Å². The van der Waals surface area contributed by atoms with Gasteiger partial charge in [0.15, 0.2) is 0 Å². The molecule has 0 atom stereocenters. The van der Waals surface area contributed by atoms with Crippen LogP contribution in [0.3, 0.4) is 0 Å². The maximum atomic E-state index is 6.40. The van der Waals surface area contributed by atoms with Crippen molar-refractivity contribution < 1.29 is 4.42 Å². The van der Waals surface area contributed by atoms with Gasteiger partial charge in [-0.2, -0.15) is 0 Å². The SMILES string of the molecule is c1ccc(-c2ccc(-c3c4ccccc4c(-c4ccc5oc6cccc(-c7ccccc7)c6c5c4)c4ccccc34)cc2)cc1. The van der Waals surface area contributed by atoms with Crippen molar-refractivity contribution in [3.63, 3.8) is 0 Å². The largest absolute Gasteiger partial charge is 0.456 e. The molecule has 0 bridgehead atoms. The molecule has 0 spiro atoms. The summed E-state index contributed by atoms with van der Waals surface area (Å²) < 4.78 is 6.40. The van der Waals surface area contributed by atoms with E-state index < -0.39 is 0 Å². The van der Waals surface area contributed by atoms with Gasteiger partial charge in [-0.25, -0.2) is 0 Å². The van der Waals surface area contributed by atoms with E-state index in [4.69, 9.17) is 4.42 Å². The lowest BCUT2D eigenvalue weighted by Gasteiger charge is -2.18. The highest BCUT2D eigenvalue weighted by Crippen LogP contribution is 2.45. The number of fused-ring (bicyclic) bond motifs is 5. The van der Waals surface area contributed by atoms with Crippen molar-refractivity contribution in [3.8, 4) is 44.5 Å². The van der Waals surface area contributed by atoms with Crippen molar-refractivity contribution in [1.29, 1.82) is 0 Å². The minimum absolute atomic E-state index is 0.904. The molecule has 0 aliphatic carbocycles. The highest BCUT2D eigenvalue weighted by atomic mass is 16.3. The van der Waals surface area contributed by atoms with E-state index in [0.717, 1.165) is 21.9 Å². The Morgan fingerprint density at radius 1 is 0.289 bits per heavy atom. The fourth-order valence-corrected chi connectivity index (χ4v) is 7.05. The minimum atomic E-state index is 0.904. The summed E-state index contributed by atoms with van der Waals surface area (Å²) in [7, 11) is 0. The first-order valence-corrected chi connectivity index (χ1v) is 15.4. The molecular formula is C44H28O. The summed E-state index contributed by atoms with van der Waals surface area (Å²) in [6.07, 6.45) is 0. The van der Waals surface area contributed by atoms with Gasteiger partial charge < -0.3 is 4.42 Å². The van der Waals surface area contributed by atoms with E-state index in [1.54, 1.807) is 0 Å². The van der Waals surface area contributed by atoms with Gasteiger partial charge >= 0.3 is 0 Å². The summed E-state index contributed by atoms with van der Waals surface area (Å²) in [5.41, 5.74) is 11.6. The Bertz CT molecular complexity index is 2450. The second kappa shape index (κ2) is 10.4. The first-order chi connectivity index (χ1) is 22.3. The molecule has 45 heavy (non-hydrogen) atoms. The Kier molecular flexibility index (Phi) is 5.89. The zero-order valence-corrected chi connectivity index (χ0v) is 24.6. The smallest absolute Gasteiger partial charge is 0.136 e. The lowest BCUT2D eigenvalue weighted by Crippen LogP contribution is -1.91. The van der Waals surface area contributed by atoms with Crippen LogP contribution >= 0.6 is 0 Å². The Morgan fingerprint density at radius 3 is 1.40 bits per heavy atom. The molecule has 0 N–H and O–H groups in total. The fraction of sp³-hybridized carbons (Fsp3) is 0. The summed E-state index contributed by atoms with van der Waals surface area (Å²) >= 11 is 0. The van der Waals surface area contributed by atoms with Crippen LogP contribution in [0, 0.1) is 0 Å². The monoisotopic (exact) mass is 572 g/mol. The molecule has 0 aliphatic rings. The highest BCUT2D eigenvalue weighted by molar-refractivity contribution is 6.22. The first-order valence-electron chi connectivity index (χ1n) is 15.4. The lowest BCUT2D eigenvalue weighted by molar-refractivity contribution is 0.669. The number of benzene rings is 8. The van der Waals surface area contributed by atoms with Gasteiger partial charge in [0, 0.05) is 10.8 Å². The van der Waals surface area contributed by atoms with Crippen LogP contribution in [0.2, 0.25) is 0 Å². The first kappa shape index (κ1) is 25.6. The topological polar surface area (TPSA) is 13.1 Å². The number of furan rings is 1. The average molecular weight is 573 g/mol. The van der Waals surface area contributed by atoms with Crippen LogP contribution in [0.1, 0.15) is 0 Å². The predicted octanol–water partition coefficient (Wildman–Crippen LogP) is 12.6. The molecule has 1 heterocycles. The average Bonchev–Trinajstić information content (AvgIpc) is 3.50. The van der Waals surface area contributed by atoms with Crippen molar-refractivity contribution >= 4 is 43.5 Å². The molecule has 1 heteroatoms. The van der Waals surface area contributed by atoms with Crippen LogP contribution in [-0.2, 0) is 0 Å². The number of hydrogen-bond donors (Lipinski definition) is 0. The molecule has 8 aromatic carbocycles. The molecule has 0 fully saturated rings. The van der Waals surface area contributed by atoms with E-state index in [-0.39, 0.29) is 0 Å². The lowest BCUT2D eigenvalue weighted by atomic mass is 9.85. The van der Waals surface area contributed by atoms with Gasteiger partial charge in [0.25, 0.3) is 0 Å². The van der Waals surface area contributed by atoms with Crippen molar-refractivity contribution in [3.05, 3.63) is 170 Å². The van der Waals surface area contributed by atoms with Crippen molar-refractivity contribution in [2.24, 2.45) is 0 Å². The molecule has 0 saturated heterocycles. The molecular weight excluding hydrogens is 544 g/mol. The fourth-order valence-electron chi connectivity index (χ4n) is 7.05. The van der Waals surface area contributed by atoms with Crippen LogP contribution in [0.5, 0.6) is 0 Å². The third-order valence-electron chi connectivity index (χ3n) is 9.08. The van der Waals surface area contributed by atoms with E-state index in [9.17, 15) is 0 Å². The van der Waals surface area contributed by atoms with Gasteiger partial charge in [0.05, 0.1) is 0 Å². The van der Waals surface area contributed by atoms with E-state index in [1.165, 1.54) is 66.1 Å². The molecule has 0 radical (unpaired) electrons. The van der Waals surface area contributed by atoms with Crippen molar-refractivity contribution in [2.45, 2.75) is 0 Å². The Balaban J connectivity index is 1.29. The summed E-state index contributed by atoms with van der Waals surface area (Å²) in [6.45, 7) is 0. The van der Waals surface area contributed by atoms with Gasteiger partial charge in [-0.15, -0.1) is 0 Å². The molecule has 0 saturated carbocycles. The van der Waals surface area contributed by atoms with Crippen molar-refractivity contribution in [2.75, 3.05) is 0 Å². The second-order valence-electron chi connectivity index (χ2n) is 11.6. The summed E-state index contributed by atoms with van der Waals surface area (Å²) in [4.78, 5) is 0. The maximum absolute atomic E-state index is 6.40. The summed E-state index contributed by atoms with van der Waals surface area (Å²) in [6, 6.07) is 60.9. The van der Waals surface area contributed by atoms with Crippen LogP contribution in [0.4, 0.5) is 0 Å². The zero-order valence-electron chi connectivity index (χ0n) is 24.6. The normalized spacial score (nSPS) is 11.6. The predicted molar refractivity (Wildman–Crippen MR) is 190 cm³/mol. The molecule has 0 unspecified atom stereocenters. The summed E-state index contributed by atoms with van der Waals surface area (Å²) in [5.74, 6) is 0. The van der Waals surface area contributed by atoms with E-state index in [2.05, 4.69) is 170 Å². The number of rotatable bonds is 4. The van der Waals surface area contributed by atoms with E-state index in [1.807, 2.05) is 0 Å². The zero-order chi connectivity index (χ0) is 29.7. The molecule has 1 aromatic heterocycles. The quantitative estimate of drug-likeness (QED) is 0.191. The van der Waals surface area contributed by atoms with Crippen LogP contribution in [0.15, 0.2) is 174 Å². The minimum Gasteiger partial charge on any atom is -0.456 e. The molecule has 1 nitrogen and oxygen atoms in total. The molecule has 0 amide bonds. The second-order valence-corrected chi connectivity index (χ2v) is 11.6. The third-order valence-corrected chi connectivity index (χ3v) is 9.08. The maximum Gasteiger partial charge on any atom is 0.136 e. The van der Waals surface area contributed by atoms with Gasteiger partial charge in [-0.3, -0.25) is 0 Å². The van der Waals surface area contributed by atoms with Crippen LogP contribution < -0.4 is 0 Å². The van der Waals surface area contributed by atoms with E-state index in [0.29, 0.717) is 0 Å². The standard InChI is InChI=1S/C44H28O/c1-3-12-29(13-4-1)30-22-24-32(25-23-30)42-35-16-7-9-18-37(35)43(38-19-10-8-17-36(38)42)33-26-27-40-39(28-33)44-34(20-11-21-41(44)45-40)31-14-5-2-6-15-31/h1-28H. The third kappa shape index (κ3) is 4.17.